The molecule has 0 aliphatic heterocycles. The van der Waals surface area contributed by atoms with E-state index < -0.39 is 0 Å². The second-order valence-electron chi connectivity index (χ2n) is 6.24. The second kappa shape index (κ2) is 7.17. The van der Waals surface area contributed by atoms with Crippen LogP contribution in [0.4, 0.5) is 0 Å². The summed E-state index contributed by atoms with van der Waals surface area (Å²) in [4.78, 5) is 4.37. The maximum Gasteiger partial charge on any atom is 0.277 e. The smallest absolute Gasteiger partial charge is 0.277 e. The van der Waals surface area contributed by atoms with Gasteiger partial charge in [-0.25, -0.2) is 0 Å². The molecular formula is C17H20N4O2S. The second-order valence-corrected chi connectivity index (χ2v) is 7.17. The van der Waals surface area contributed by atoms with Crippen molar-refractivity contribution in [1.29, 1.82) is 0 Å². The summed E-state index contributed by atoms with van der Waals surface area (Å²) < 4.78 is 11.0. The molecule has 3 aromatic rings. The predicted molar refractivity (Wildman–Crippen MR) is 91.6 cm³/mol. The van der Waals surface area contributed by atoms with Crippen LogP contribution in [-0.4, -0.2) is 20.3 Å². The monoisotopic (exact) mass is 344 g/mol. The Morgan fingerprint density at radius 1 is 1.08 bits per heavy atom. The van der Waals surface area contributed by atoms with Crippen molar-refractivity contribution in [1.82, 2.24) is 20.3 Å². The van der Waals surface area contributed by atoms with E-state index in [-0.39, 0.29) is 0 Å². The molecule has 0 N–H and O–H groups in total. The van der Waals surface area contributed by atoms with Gasteiger partial charge in [0.05, 0.1) is 5.75 Å². The van der Waals surface area contributed by atoms with Crippen molar-refractivity contribution in [2.45, 2.75) is 45.1 Å². The van der Waals surface area contributed by atoms with Crippen molar-refractivity contribution in [3.05, 3.63) is 41.0 Å². The van der Waals surface area contributed by atoms with E-state index in [0.29, 0.717) is 28.7 Å². The molecule has 0 spiro atoms. The minimum Gasteiger partial charge on any atom is -0.411 e. The normalized spacial score (nSPS) is 11.4. The molecule has 0 saturated heterocycles. The summed E-state index contributed by atoms with van der Waals surface area (Å²) in [6.07, 6.45) is 0.811. The van der Waals surface area contributed by atoms with E-state index in [1.54, 1.807) is 0 Å². The van der Waals surface area contributed by atoms with Gasteiger partial charge in [-0.3, -0.25) is 0 Å². The Hall–Kier alpha value is -2.15. The fraction of sp³-hybridized carbons (Fsp3) is 0.412. The molecule has 0 aliphatic rings. The zero-order valence-corrected chi connectivity index (χ0v) is 15.1. The summed E-state index contributed by atoms with van der Waals surface area (Å²) in [7, 11) is 0. The molecule has 0 saturated carbocycles. The van der Waals surface area contributed by atoms with Crippen molar-refractivity contribution in [2.24, 2.45) is 5.92 Å². The van der Waals surface area contributed by atoms with Crippen molar-refractivity contribution in [3.8, 4) is 11.5 Å². The van der Waals surface area contributed by atoms with Gasteiger partial charge < -0.3 is 8.94 Å². The number of aryl methyl sites for hydroxylation is 2. The maximum atomic E-state index is 5.72. The largest absolute Gasteiger partial charge is 0.411 e. The molecule has 126 valence electrons. The highest BCUT2D eigenvalue weighted by Crippen LogP contribution is 2.26. The van der Waals surface area contributed by atoms with Crippen molar-refractivity contribution >= 4 is 11.8 Å². The zero-order valence-electron chi connectivity index (χ0n) is 14.2. The van der Waals surface area contributed by atoms with E-state index in [4.69, 9.17) is 8.94 Å². The molecule has 0 fully saturated rings. The number of nitrogens with zero attached hydrogens (tertiary/aromatic N) is 4. The van der Waals surface area contributed by atoms with Gasteiger partial charge in [0.25, 0.3) is 5.22 Å². The van der Waals surface area contributed by atoms with Crippen LogP contribution in [-0.2, 0) is 12.2 Å². The van der Waals surface area contributed by atoms with Gasteiger partial charge in [-0.15, -0.1) is 10.2 Å². The van der Waals surface area contributed by atoms with E-state index in [1.165, 1.54) is 22.9 Å². The third kappa shape index (κ3) is 4.23. The Kier molecular flexibility index (Phi) is 4.99. The highest BCUT2D eigenvalue weighted by Gasteiger charge is 2.13. The molecule has 6 nitrogen and oxygen atoms in total. The van der Waals surface area contributed by atoms with E-state index >= 15 is 0 Å². The van der Waals surface area contributed by atoms with Gasteiger partial charge >= 0.3 is 0 Å². The third-order valence-corrected chi connectivity index (χ3v) is 4.10. The molecule has 0 unspecified atom stereocenters. The summed E-state index contributed by atoms with van der Waals surface area (Å²) >= 11 is 1.39. The van der Waals surface area contributed by atoms with Gasteiger partial charge in [0, 0.05) is 12.0 Å². The quantitative estimate of drug-likeness (QED) is 0.619. The van der Waals surface area contributed by atoms with E-state index in [0.717, 1.165) is 17.8 Å². The number of hydrogen-bond donors (Lipinski definition) is 0. The summed E-state index contributed by atoms with van der Waals surface area (Å²) in [6, 6.07) is 6.18. The van der Waals surface area contributed by atoms with Crippen molar-refractivity contribution in [3.63, 3.8) is 0 Å². The Morgan fingerprint density at radius 2 is 1.83 bits per heavy atom. The number of benzene rings is 1. The molecule has 3 rings (SSSR count). The maximum absolute atomic E-state index is 5.72. The first-order valence-electron chi connectivity index (χ1n) is 7.86. The lowest BCUT2D eigenvalue weighted by atomic mass is 10.1. The van der Waals surface area contributed by atoms with Gasteiger partial charge in [-0.1, -0.05) is 48.0 Å². The SMILES string of the molecule is Cc1cc(C)cc(-c2nnc(SCc3nc(CC(C)C)no3)o2)c1. The van der Waals surface area contributed by atoms with Crippen LogP contribution in [0.2, 0.25) is 0 Å². The highest BCUT2D eigenvalue weighted by molar-refractivity contribution is 7.98. The van der Waals surface area contributed by atoms with Crippen LogP contribution in [0.25, 0.3) is 11.5 Å². The third-order valence-electron chi connectivity index (χ3n) is 3.30. The molecule has 0 aliphatic carbocycles. The number of rotatable bonds is 6. The van der Waals surface area contributed by atoms with Crippen LogP contribution in [0.3, 0.4) is 0 Å². The van der Waals surface area contributed by atoms with Crippen LogP contribution >= 0.6 is 11.8 Å². The Morgan fingerprint density at radius 3 is 2.54 bits per heavy atom. The lowest BCUT2D eigenvalue weighted by molar-refractivity contribution is 0.381. The van der Waals surface area contributed by atoms with Gasteiger partial charge in [0.1, 0.15) is 0 Å². The van der Waals surface area contributed by atoms with Crippen LogP contribution in [0.15, 0.2) is 32.4 Å². The van der Waals surface area contributed by atoms with Crippen molar-refractivity contribution < 1.29 is 8.94 Å². The molecule has 0 amide bonds. The Labute approximate surface area is 145 Å². The lowest BCUT2D eigenvalue weighted by Crippen LogP contribution is -1.96. The van der Waals surface area contributed by atoms with Gasteiger partial charge in [0.2, 0.25) is 11.8 Å². The van der Waals surface area contributed by atoms with Crippen LogP contribution in [0, 0.1) is 19.8 Å². The summed E-state index contributed by atoms with van der Waals surface area (Å²) in [6.45, 7) is 8.34. The summed E-state index contributed by atoms with van der Waals surface area (Å²) in [5, 5.41) is 12.7. The minimum absolute atomic E-state index is 0.493. The zero-order chi connectivity index (χ0) is 17.1. The topological polar surface area (TPSA) is 77.8 Å². The molecule has 0 radical (unpaired) electrons. The first kappa shape index (κ1) is 16.7. The average Bonchev–Trinajstić information content (AvgIpc) is 3.12. The van der Waals surface area contributed by atoms with Crippen LogP contribution < -0.4 is 0 Å². The standard InChI is InChI=1S/C17H20N4O2S/c1-10(2)5-14-18-15(23-21-14)9-24-17-20-19-16(22-17)13-7-11(3)6-12(4)8-13/h6-8,10H,5,9H2,1-4H3. The fourth-order valence-corrected chi connectivity index (χ4v) is 3.00. The fourth-order valence-electron chi connectivity index (χ4n) is 2.40. The van der Waals surface area contributed by atoms with E-state index in [1.807, 2.05) is 26.0 Å². The average molecular weight is 344 g/mol. The lowest BCUT2D eigenvalue weighted by Gasteiger charge is -1.99. The molecule has 0 atom stereocenters. The number of hydrogen-bond acceptors (Lipinski definition) is 7. The first-order chi connectivity index (χ1) is 11.5. The molecule has 0 bridgehead atoms. The highest BCUT2D eigenvalue weighted by atomic mass is 32.2. The molecule has 24 heavy (non-hydrogen) atoms. The minimum atomic E-state index is 0.493. The van der Waals surface area contributed by atoms with Crippen molar-refractivity contribution in [2.75, 3.05) is 0 Å². The van der Waals surface area contributed by atoms with Gasteiger partial charge in [0.15, 0.2) is 5.82 Å². The molecule has 2 aromatic heterocycles. The Bertz CT molecular complexity index is 805. The van der Waals surface area contributed by atoms with Crippen LogP contribution in [0.1, 0.15) is 36.7 Å². The first-order valence-corrected chi connectivity index (χ1v) is 8.84. The summed E-state index contributed by atoms with van der Waals surface area (Å²) in [5.41, 5.74) is 3.27. The molecular weight excluding hydrogens is 324 g/mol. The number of thioether (sulfide) groups is 1. The van der Waals surface area contributed by atoms with E-state index in [2.05, 4.69) is 40.3 Å². The Balaban J connectivity index is 1.65. The number of aromatic nitrogens is 4. The molecule has 7 heteroatoms. The van der Waals surface area contributed by atoms with Crippen LogP contribution in [0.5, 0.6) is 0 Å². The van der Waals surface area contributed by atoms with E-state index in [9.17, 15) is 0 Å². The predicted octanol–water partition coefficient (Wildman–Crippen LogP) is 4.23. The summed E-state index contributed by atoms with van der Waals surface area (Å²) in [5.74, 6) is 2.85. The van der Waals surface area contributed by atoms with Gasteiger partial charge in [-0.05, 0) is 31.9 Å². The molecule has 1 aromatic carbocycles. The molecule has 2 heterocycles. The van der Waals surface area contributed by atoms with Gasteiger partial charge in [-0.2, -0.15) is 4.98 Å².